The van der Waals surface area contributed by atoms with Gasteiger partial charge in [0.15, 0.2) is 5.78 Å². The number of carbonyl (C=O) groups excluding carboxylic acids is 1. The van der Waals surface area contributed by atoms with Gasteiger partial charge in [0, 0.05) is 24.0 Å². The SMILES string of the molecule is CCCOc1ccc(NCCC(=O)c2cc3ccccc3oc2=O)cc1. The molecule has 0 fully saturated rings. The lowest BCUT2D eigenvalue weighted by Gasteiger charge is -2.08. The van der Waals surface area contributed by atoms with E-state index in [1.807, 2.05) is 36.4 Å². The number of rotatable bonds is 8. The second-order valence-electron chi connectivity index (χ2n) is 5.96. The van der Waals surface area contributed by atoms with Gasteiger partial charge in [0.1, 0.15) is 16.9 Å². The normalized spacial score (nSPS) is 10.7. The Hall–Kier alpha value is -3.08. The molecule has 134 valence electrons. The molecular formula is C21H21NO4. The number of nitrogens with one attached hydrogen (secondary N) is 1. The lowest BCUT2D eigenvalue weighted by molar-refractivity contribution is 0.0983. The second kappa shape index (κ2) is 8.34. The maximum absolute atomic E-state index is 12.4. The predicted octanol–water partition coefficient (Wildman–Crippen LogP) is 4.27. The number of hydrogen-bond acceptors (Lipinski definition) is 5. The molecule has 0 radical (unpaired) electrons. The third kappa shape index (κ3) is 4.30. The summed E-state index contributed by atoms with van der Waals surface area (Å²) < 4.78 is 10.7. The van der Waals surface area contributed by atoms with Crippen molar-refractivity contribution in [3.63, 3.8) is 0 Å². The molecule has 5 nitrogen and oxygen atoms in total. The van der Waals surface area contributed by atoms with Gasteiger partial charge in [-0.1, -0.05) is 25.1 Å². The van der Waals surface area contributed by atoms with Gasteiger partial charge in [-0.05, 0) is 42.8 Å². The monoisotopic (exact) mass is 351 g/mol. The van der Waals surface area contributed by atoms with Crippen molar-refractivity contribution in [3.05, 3.63) is 70.6 Å². The van der Waals surface area contributed by atoms with E-state index in [1.165, 1.54) is 0 Å². The summed E-state index contributed by atoms with van der Waals surface area (Å²) in [5.41, 5.74) is 0.879. The lowest BCUT2D eigenvalue weighted by atomic mass is 10.1. The van der Waals surface area contributed by atoms with E-state index in [1.54, 1.807) is 18.2 Å². The van der Waals surface area contributed by atoms with Crippen molar-refractivity contribution in [1.82, 2.24) is 0 Å². The summed E-state index contributed by atoms with van der Waals surface area (Å²) in [6.07, 6.45) is 1.17. The largest absolute Gasteiger partial charge is 0.494 e. The fraction of sp³-hybridized carbons (Fsp3) is 0.238. The van der Waals surface area contributed by atoms with E-state index in [0.717, 1.165) is 23.2 Å². The van der Waals surface area contributed by atoms with Gasteiger partial charge in [-0.3, -0.25) is 4.79 Å². The molecule has 2 aromatic carbocycles. The van der Waals surface area contributed by atoms with Crippen LogP contribution in [0.3, 0.4) is 0 Å². The Kier molecular flexibility index (Phi) is 5.69. The molecule has 3 rings (SSSR count). The number of Topliss-reactive ketones (excluding diaryl/α,β-unsaturated/α-hetero) is 1. The molecule has 0 aliphatic carbocycles. The quantitative estimate of drug-likeness (QED) is 0.485. The molecule has 0 unspecified atom stereocenters. The van der Waals surface area contributed by atoms with Crippen LogP contribution in [0.5, 0.6) is 5.75 Å². The molecule has 0 bridgehead atoms. The highest BCUT2D eigenvalue weighted by molar-refractivity contribution is 5.98. The Labute approximate surface area is 151 Å². The van der Waals surface area contributed by atoms with Crippen molar-refractivity contribution in [2.45, 2.75) is 19.8 Å². The molecule has 1 aromatic heterocycles. The van der Waals surface area contributed by atoms with E-state index < -0.39 is 5.63 Å². The summed E-state index contributed by atoms with van der Waals surface area (Å²) in [7, 11) is 0. The fourth-order valence-electron chi connectivity index (χ4n) is 2.60. The van der Waals surface area contributed by atoms with Crippen LogP contribution < -0.4 is 15.7 Å². The van der Waals surface area contributed by atoms with Crippen LogP contribution in [0.25, 0.3) is 11.0 Å². The highest BCUT2D eigenvalue weighted by Gasteiger charge is 2.13. The van der Waals surface area contributed by atoms with Crippen molar-refractivity contribution in [2.24, 2.45) is 0 Å². The van der Waals surface area contributed by atoms with Crippen LogP contribution in [-0.4, -0.2) is 18.9 Å². The Morgan fingerprint density at radius 1 is 1.12 bits per heavy atom. The van der Waals surface area contributed by atoms with Crippen molar-refractivity contribution in [2.75, 3.05) is 18.5 Å². The maximum atomic E-state index is 12.4. The van der Waals surface area contributed by atoms with E-state index in [-0.39, 0.29) is 17.8 Å². The van der Waals surface area contributed by atoms with Gasteiger partial charge in [0.05, 0.1) is 6.61 Å². The van der Waals surface area contributed by atoms with Gasteiger partial charge in [-0.15, -0.1) is 0 Å². The average molecular weight is 351 g/mol. The van der Waals surface area contributed by atoms with Gasteiger partial charge in [-0.25, -0.2) is 4.79 Å². The summed E-state index contributed by atoms with van der Waals surface area (Å²) >= 11 is 0. The van der Waals surface area contributed by atoms with Crippen LogP contribution in [0.4, 0.5) is 5.69 Å². The minimum Gasteiger partial charge on any atom is -0.494 e. The summed E-state index contributed by atoms with van der Waals surface area (Å²) in [5.74, 6) is 0.585. The number of ether oxygens (including phenoxy) is 1. The molecule has 0 saturated heterocycles. The van der Waals surface area contributed by atoms with E-state index in [0.29, 0.717) is 18.7 Å². The third-order valence-electron chi connectivity index (χ3n) is 3.95. The molecule has 0 saturated carbocycles. The molecule has 1 N–H and O–H groups in total. The Morgan fingerprint density at radius 3 is 2.65 bits per heavy atom. The van der Waals surface area contributed by atoms with Crippen LogP contribution >= 0.6 is 0 Å². The minimum atomic E-state index is -0.592. The summed E-state index contributed by atoms with van der Waals surface area (Å²) in [4.78, 5) is 24.4. The van der Waals surface area contributed by atoms with Crippen molar-refractivity contribution >= 4 is 22.4 Å². The number of anilines is 1. The number of hydrogen-bond donors (Lipinski definition) is 1. The molecule has 5 heteroatoms. The highest BCUT2D eigenvalue weighted by atomic mass is 16.5. The van der Waals surface area contributed by atoms with E-state index in [2.05, 4.69) is 12.2 Å². The minimum absolute atomic E-state index is 0.0915. The Balaban J connectivity index is 1.59. The Morgan fingerprint density at radius 2 is 1.88 bits per heavy atom. The molecular weight excluding hydrogens is 330 g/mol. The molecule has 26 heavy (non-hydrogen) atoms. The third-order valence-corrected chi connectivity index (χ3v) is 3.95. The second-order valence-corrected chi connectivity index (χ2v) is 5.96. The molecule has 0 aliphatic rings. The number of carbonyl (C=O) groups is 1. The van der Waals surface area contributed by atoms with E-state index in [4.69, 9.17) is 9.15 Å². The first-order valence-electron chi connectivity index (χ1n) is 8.70. The summed E-state index contributed by atoms with van der Waals surface area (Å²) in [6, 6.07) is 16.3. The lowest BCUT2D eigenvalue weighted by Crippen LogP contribution is -2.16. The molecule has 3 aromatic rings. The van der Waals surface area contributed by atoms with Gasteiger partial charge in [-0.2, -0.15) is 0 Å². The summed E-state index contributed by atoms with van der Waals surface area (Å²) in [6.45, 7) is 3.18. The van der Waals surface area contributed by atoms with Gasteiger partial charge in [0.25, 0.3) is 0 Å². The highest BCUT2D eigenvalue weighted by Crippen LogP contribution is 2.16. The van der Waals surface area contributed by atoms with Crippen molar-refractivity contribution in [1.29, 1.82) is 0 Å². The van der Waals surface area contributed by atoms with Crippen LogP contribution in [-0.2, 0) is 0 Å². The molecule has 0 spiro atoms. The zero-order valence-corrected chi connectivity index (χ0v) is 14.7. The van der Waals surface area contributed by atoms with E-state index in [9.17, 15) is 9.59 Å². The maximum Gasteiger partial charge on any atom is 0.347 e. The smallest absolute Gasteiger partial charge is 0.347 e. The zero-order chi connectivity index (χ0) is 18.4. The molecule has 0 atom stereocenters. The standard InChI is InChI=1S/C21H21NO4/c1-2-13-25-17-9-7-16(8-10-17)22-12-11-19(23)18-14-15-5-3-4-6-20(15)26-21(18)24/h3-10,14,22H,2,11-13H2,1H3. The van der Waals surface area contributed by atoms with Crippen molar-refractivity contribution in [3.8, 4) is 5.75 Å². The summed E-state index contributed by atoms with van der Waals surface area (Å²) in [5, 5.41) is 3.92. The van der Waals surface area contributed by atoms with Gasteiger partial charge >= 0.3 is 5.63 Å². The first-order chi connectivity index (χ1) is 12.7. The molecule has 0 amide bonds. The Bertz CT molecular complexity index is 944. The number of fused-ring (bicyclic) bond motifs is 1. The fourth-order valence-corrected chi connectivity index (χ4v) is 2.60. The van der Waals surface area contributed by atoms with Crippen molar-refractivity contribution < 1.29 is 13.9 Å². The van der Waals surface area contributed by atoms with Gasteiger partial charge in [0.2, 0.25) is 0 Å². The van der Waals surface area contributed by atoms with Crippen LogP contribution in [0.2, 0.25) is 0 Å². The number of ketones is 1. The van der Waals surface area contributed by atoms with Crippen LogP contribution in [0, 0.1) is 0 Å². The van der Waals surface area contributed by atoms with Crippen LogP contribution in [0.1, 0.15) is 30.1 Å². The predicted molar refractivity (Wildman–Crippen MR) is 102 cm³/mol. The number of benzene rings is 2. The molecule has 1 heterocycles. The topological polar surface area (TPSA) is 68.5 Å². The first kappa shape index (κ1) is 17.7. The average Bonchev–Trinajstić information content (AvgIpc) is 2.66. The van der Waals surface area contributed by atoms with E-state index >= 15 is 0 Å². The first-order valence-corrected chi connectivity index (χ1v) is 8.70. The zero-order valence-electron chi connectivity index (χ0n) is 14.7. The number of para-hydroxylation sites is 1. The van der Waals surface area contributed by atoms with Crippen LogP contribution in [0.15, 0.2) is 63.8 Å². The molecule has 0 aliphatic heterocycles. The van der Waals surface area contributed by atoms with Gasteiger partial charge < -0.3 is 14.5 Å².